The molecule has 0 spiro atoms. The van der Waals surface area contributed by atoms with Gasteiger partial charge in [-0.1, -0.05) is 0 Å². The van der Waals surface area contributed by atoms with Gasteiger partial charge in [0.25, 0.3) is 5.91 Å². The van der Waals surface area contributed by atoms with Crippen LogP contribution in [0.15, 0.2) is 42.0 Å². The van der Waals surface area contributed by atoms with Gasteiger partial charge >= 0.3 is 0 Å². The molecule has 9 nitrogen and oxygen atoms in total. The van der Waals surface area contributed by atoms with Crippen LogP contribution < -0.4 is 16.0 Å². The van der Waals surface area contributed by atoms with E-state index < -0.39 is 0 Å². The highest BCUT2D eigenvalue weighted by Gasteiger charge is 2.32. The minimum absolute atomic E-state index is 0.0310. The van der Waals surface area contributed by atoms with Crippen LogP contribution >= 0.6 is 22.9 Å². The molecule has 0 unspecified atom stereocenters. The van der Waals surface area contributed by atoms with E-state index in [1.165, 1.54) is 11.5 Å². The molecule has 0 saturated heterocycles. The van der Waals surface area contributed by atoms with Crippen molar-refractivity contribution in [2.24, 2.45) is 0 Å². The van der Waals surface area contributed by atoms with E-state index in [9.17, 15) is 4.79 Å². The molecule has 5 rings (SSSR count). The number of amides is 1. The normalized spacial score (nSPS) is 20.0. The van der Waals surface area contributed by atoms with E-state index in [1.54, 1.807) is 41.9 Å². The average molecular weight is 510 g/mol. The fourth-order valence-electron chi connectivity index (χ4n) is 4.26. The van der Waals surface area contributed by atoms with Gasteiger partial charge in [0, 0.05) is 24.9 Å². The highest BCUT2D eigenvalue weighted by molar-refractivity contribution is 7.17. The number of carbonyl (C=O) groups is 1. The van der Waals surface area contributed by atoms with Crippen molar-refractivity contribution in [3.05, 3.63) is 47.7 Å². The summed E-state index contributed by atoms with van der Waals surface area (Å²) in [6.45, 7) is 5.00. The maximum absolute atomic E-state index is 12.5. The second-order valence-electron chi connectivity index (χ2n) is 8.73. The van der Waals surface area contributed by atoms with Crippen molar-refractivity contribution in [2.45, 2.75) is 51.2 Å². The van der Waals surface area contributed by atoms with Gasteiger partial charge in [-0.05, 0) is 74.6 Å². The van der Waals surface area contributed by atoms with Gasteiger partial charge in [0.1, 0.15) is 16.5 Å². The van der Waals surface area contributed by atoms with Crippen molar-refractivity contribution >= 4 is 61.4 Å². The predicted octanol–water partition coefficient (Wildman–Crippen LogP) is 5.69. The van der Waals surface area contributed by atoms with Crippen LogP contribution in [-0.2, 0) is 4.74 Å². The van der Waals surface area contributed by atoms with Gasteiger partial charge in [-0.3, -0.25) is 9.78 Å². The van der Waals surface area contributed by atoms with E-state index in [4.69, 9.17) is 9.72 Å². The number of aromatic nitrogens is 4. The quantitative estimate of drug-likeness (QED) is 0.278. The SMILES string of the molecule is CCOC1(C)CCC(Nc2nc(Nc3cc(C(=O)Nc4cccnc4)ns3)nc3ccsc23)CC1. The number of nitrogens with zero attached hydrogens (tertiary/aromatic N) is 4. The first kappa shape index (κ1) is 23.6. The lowest BCUT2D eigenvalue weighted by atomic mass is 9.83. The molecule has 4 aromatic heterocycles. The Balaban J connectivity index is 1.28. The summed E-state index contributed by atoms with van der Waals surface area (Å²) in [7, 11) is 0. The summed E-state index contributed by atoms with van der Waals surface area (Å²) in [5.41, 5.74) is 1.78. The first-order chi connectivity index (χ1) is 17.0. The molecular weight excluding hydrogens is 482 g/mol. The summed E-state index contributed by atoms with van der Waals surface area (Å²) < 4.78 is 11.3. The van der Waals surface area contributed by atoms with Crippen LogP contribution in [0.1, 0.15) is 50.0 Å². The van der Waals surface area contributed by atoms with Crippen molar-refractivity contribution in [2.75, 3.05) is 22.6 Å². The molecule has 1 aliphatic carbocycles. The smallest absolute Gasteiger partial charge is 0.275 e. The molecule has 35 heavy (non-hydrogen) atoms. The van der Waals surface area contributed by atoms with Gasteiger partial charge in [-0.15, -0.1) is 11.3 Å². The molecule has 0 bridgehead atoms. The zero-order valence-electron chi connectivity index (χ0n) is 19.6. The molecule has 4 aromatic rings. The number of carbonyl (C=O) groups excluding carboxylic acids is 1. The largest absolute Gasteiger partial charge is 0.376 e. The summed E-state index contributed by atoms with van der Waals surface area (Å²) in [5, 5.41) is 12.4. The average Bonchev–Trinajstić information content (AvgIpc) is 3.51. The van der Waals surface area contributed by atoms with Crippen molar-refractivity contribution in [3.63, 3.8) is 0 Å². The zero-order valence-corrected chi connectivity index (χ0v) is 21.2. The van der Waals surface area contributed by atoms with Crippen molar-refractivity contribution in [1.29, 1.82) is 0 Å². The maximum atomic E-state index is 12.5. The van der Waals surface area contributed by atoms with Crippen LogP contribution in [0.2, 0.25) is 0 Å². The van der Waals surface area contributed by atoms with Gasteiger partial charge in [-0.2, -0.15) is 9.36 Å². The molecule has 0 aromatic carbocycles. The van der Waals surface area contributed by atoms with E-state index in [2.05, 4.69) is 44.1 Å². The number of hydrogen-bond acceptors (Lipinski definition) is 10. The Morgan fingerprint density at radius 1 is 1.26 bits per heavy atom. The van der Waals surface area contributed by atoms with E-state index in [0.29, 0.717) is 28.4 Å². The fourth-order valence-corrected chi connectivity index (χ4v) is 5.68. The number of rotatable bonds is 8. The van der Waals surface area contributed by atoms with E-state index in [0.717, 1.165) is 48.3 Å². The summed E-state index contributed by atoms with van der Waals surface area (Å²) in [6.07, 6.45) is 7.34. The minimum Gasteiger partial charge on any atom is -0.376 e. The lowest BCUT2D eigenvalue weighted by Gasteiger charge is -2.37. The van der Waals surface area contributed by atoms with Crippen LogP contribution in [0.25, 0.3) is 10.2 Å². The van der Waals surface area contributed by atoms with Crippen LogP contribution in [0.4, 0.5) is 22.5 Å². The molecule has 0 radical (unpaired) electrons. The Kier molecular flexibility index (Phi) is 6.89. The number of nitrogens with one attached hydrogen (secondary N) is 3. The number of thiophene rings is 1. The van der Waals surface area contributed by atoms with Gasteiger partial charge in [0.05, 0.1) is 27.7 Å². The second kappa shape index (κ2) is 10.2. The molecular formula is C24H27N7O2S2. The zero-order chi connectivity index (χ0) is 24.3. The van der Waals surface area contributed by atoms with Crippen LogP contribution in [0.3, 0.4) is 0 Å². The minimum atomic E-state index is -0.296. The van der Waals surface area contributed by atoms with Crippen molar-refractivity contribution < 1.29 is 9.53 Å². The third kappa shape index (κ3) is 5.58. The predicted molar refractivity (Wildman–Crippen MR) is 141 cm³/mol. The summed E-state index contributed by atoms with van der Waals surface area (Å²) in [6, 6.07) is 7.56. The van der Waals surface area contributed by atoms with E-state index >= 15 is 0 Å². The molecule has 182 valence electrons. The van der Waals surface area contributed by atoms with Gasteiger partial charge in [0.15, 0.2) is 0 Å². The Labute approximate surface area is 211 Å². The van der Waals surface area contributed by atoms with E-state index in [-0.39, 0.29) is 11.5 Å². The Hall–Kier alpha value is -3.15. The lowest BCUT2D eigenvalue weighted by Crippen LogP contribution is -2.38. The lowest BCUT2D eigenvalue weighted by molar-refractivity contribution is -0.0517. The summed E-state index contributed by atoms with van der Waals surface area (Å²) in [4.78, 5) is 25.9. The van der Waals surface area contributed by atoms with Crippen LogP contribution in [0, 0.1) is 0 Å². The maximum Gasteiger partial charge on any atom is 0.275 e. The Morgan fingerprint density at radius 2 is 2.11 bits per heavy atom. The fraction of sp³-hybridized carbons (Fsp3) is 0.375. The number of pyridine rings is 1. The van der Waals surface area contributed by atoms with E-state index in [1.807, 2.05) is 11.4 Å². The van der Waals surface area contributed by atoms with Gasteiger partial charge in [0.2, 0.25) is 5.95 Å². The van der Waals surface area contributed by atoms with Crippen molar-refractivity contribution in [1.82, 2.24) is 19.3 Å². The number of anilines is 4. The number of ether oxygens (including phenoxy) is 1. The first-order valence-corrected chi connectivity index (χ1v) is 13.3. The molecule has 0 atom stereocenters. The summed E-state index contributed by atoms with van der Waals surface area (Å²) >= 11 is 2.81. The van der Waals surface area contributed by atoms with Crippen LogP contribution in [-0.4, -0.2) is 43.5 Å². The Morgan fingerprint density at radius 3 is 2.89 bits per heavy atom. The second-order valence-corrected chi connectivity index (χ2v) is 10.5. The number of hydrogen-bond donors (Lipinski definition) is 3. The topological polar surface area (TPSA) is 114 Å². The first-order valence-electron chi connectivity index (χ1n) is 11.6. The monoisotopic (exact) mass is 509 g/mol. The van der Waals surface area contributed by atoms with Crippen LogP contribution in [0.5, 0.6) is 0 Å². The molecule has 4 heterocycles. The highest BCUT2D eigenvalue weighted by Crippen LogP contribution is 2.35. The third-order valence-electron chi connectivity index (χ3n) is 6.08. The van der Waals surface area contributed by atoms with Gasteiger partial charge < -0.3 is 20.7 Å². The molecule has 11 heteroatoms. The summed E-state index contributed by atoms with van der Waals surface area (Å²) in [5.74, 6) is 1.00. The molecule has 0 aliphatic heterocycles. The molecule has 3 N–H and O–H groups in total. The molecule has 1 saturated carbocycles. The Bertz CT molecular complexity index is 1300. The standard InChI is InChI=1S/C24H27N7O2S2/c1-3-33-24(2)9-6-15(7-10-24)26-21-20-17(8-12-34-20)28-23(30-21)29-19-13-18(31-35-19)22(32)27-16-5-4-11-25-14-16/h4-5,8,11-15H,3,6-7,9-10H2,1-2H3,(H,27,32)(H2,26,28,29,30). The number of fused-ring (bicyclic) bond motifs is 1. The molecule has 1 aliphatic rings. The highest BCUT2D eigenvalue weighted by atomic mass is 32.1. The van der Waals surface area contributed by atoms with Crippen molar-refractivity contribution in [3.8, 4) is 0 Å². The molecule has 1 amide bonds. The third-order valence-corrected chi connectivity index (χ3v) is 7.69. The van der Waals surface area contributed by atoms with Gasteiger partial charge in [-0.25, -0.2) is 4.98 Å². The molecule has 1 fully saturated rings.